The fraction of sp³-hybridized carbons (Fsp3) is 0.600. The second-order valence-corrected chi connectivity index (χ2v) is 4.03. The van der Waals surface area contributed by atoms with E-state index in [4.69, 9.17) is 9.84 Å². The molecule has 0 aromatic carbocycles. The summed E-state index contributed by atoms with van der Waals surface area (Å²) >= 11 is 0. The van der Waals surface area contributed by atoms with Crippen LogP contribution >= 0.6 is 0 Å². The number of alkyl halides is 3. The zero-order chi connectivity index (χ0) is 13.3. The normalized spacial score (nSPS) is 20.9. The minimum atomic E-state index is -4.75. The number of hydrogen-bond donors (Lipinski definition) is 1. The van der Waals surface area contributed by atoms with Gasteiger partial charge in [0.1, 0.15) is 5.56 Å². The highest BCUT2D eigenvalue weighted by molar-refractivity contribution is 5.88. The highest BCUT2D eigenvalue weighted by atomic mass is 19.4. The van der Waals surface area contributed by atoms with Crippen molar-refractivity contribution in [1.82, 2.24) is 9.78 Å². The van der Waals surface area contributed by atoms with Crippen molar-refractivity contribution in [2.75, 3.05) is 13.2 Å². The van der Waals surface area contributed by atoms with Gasteiger partial charge < -0.3 is 9.84 Å². The van der Waals surface area contributed by atoms with Crippen LogP contribution in [-0.4, -0.2) is 34.1 Å². The molecule has 0 bridgehead atoms. The maximum Gasteiger partial charge on any atom is 0.433 e. The molecule has 18 heavy (non-hydrogen) atoms. The number of hydrogen-bond acceptors (Lipinski definition) is 3. The Balaban J connectivity index is 2.44. The average molecular weight is 264 g/mol. The van der Waals surface area contributed by atoms with E-state index in [0.29, 0.717) is 19.4 Å². The van der Waals surface area contributed by atoms with E-state index in [1.807, 2.05) is 0 Å². The zero-order valence-corrected chi connectivity index (χ0v) is 9.28. The molecular weight excluding hydrogens is 253 g/mol. The standard InChI is InChI=1S/C10H11F3N2O3/c11-10(12,13)8-7(9(16)17)4-14-15(8)6-2-1-3-18-5-6/h4,6H,1-3,5H2,(H,16,17)/t6-/m0/s1. The van der Waals surface area contributed by atoms with Crippen molar-refractivity contribution < 1.29 is 27.8 Å². The van der Waals surface area contributed by atoms with Crippen molar-refractivity contribution in [3.05, 3.63) is 17.5 Å². The molecule has 2 rings (SSSR count). The van der Waals surface area contributed by atoms with E-state index in [0.717, 1.165) is 10.9 Å². The third kappa shape index (κ3) is 2.33. The topological polar surface area (TPSA) is 64.3 Å². The molecule has 0 amide bonds. The van der Waals surface area contributed by atoms with Crippen LogP contribution in [0.4, 0.5) is 13.2 Å². The minimum absolute atomic E-state index is 0.115. The molecule has 2 heterocycles. The minimum Gasteiger partial charge on any atom is -0.478 e. The number of carboxylic acids is 1. The Kier molecular flexibility index (Phi) is 3.29. The maximum absolute atomic E-state index is 12.9. The zero-order valence-electron chi connectivity index (χ0n) is 9.28. The van der Waals surface area contributed by atoms with Crippen LogP contribution in [0.1, 0.15) is 34.9 Å². The molecule has 0 radical (unpaired) electrons. The Morgan fingerprint density at radius 2 is 2.28 bits per heavy atom. The predicted molar refractivity (Wildman–Crippen MR) is 53.3 cm³/mol. The molecular formula is C10H11F3N2O3. The van der Waals surface area contributed by atoms with E-state index in [2.05, 4.69) is 5.10 Å². The first-order valence-corrected chi connectivity index (χ1v) is 5.37. The number of carboxylic acid groups (broad SMARTS) is 1. The molecule has 100 valence electrons. The molecule has 0 saturated carbocycles. The summed E-state index contributed by atoms with van der Waals surface area (Å²) in [4.78, 5) is 10.8. The summed E-state index contributed by atoms with van der Waals surface area (Å²) < 4.78 is 44.5. The number of rotatable bonds is 2. The second-order valence-electron chi connectivity index (χ2n) is 4.03. The van der Waals surface area contributed by atoms with E-state index in [1.54, 1.807) is 0 Å². The van der Waals surface area contributed by atoms with Crippen molar-refractivity contribution in [1.29, 1.82) is 0 Å². The Morgan fingerprint density at radius 3 is 2.78 bits per heavy atom. The van der Waals surface area contributed by atoms with E-state index in [-0.39, 0.29) is 6.61 Å². The van der Waals surface area contributed by atoms with E-state index >= 15 is 0 Å². The summed E-state index contributed by atoms with van der Waals surface area (Å²) in [5, 5.41) is 12.3. The molecule has 8 heteroatoms. The van der Waals surface area contributed by atoms with E-state index in [1.165, 1.54) is 0 Å². The SMILES string of the molecule is O=C(O)c1cnn([C@H]2CCCOC2)c1C(F)(F)F. The smallest absolute Gasteiger partial charge is 0.433 e. The number of carbonyl (C=O) groups is 1. The third-order valence-corrected chi connectivity index (χ3v) is 2.78. The monoisotopic (exact) mass is 264 g/mol. The van der Waals surface area contributed by atoms with Gasteiger partial charge in [0.15, 0.2) is 5.69 Å². The van der Waals surface area contributed by atoms with Crippen molar-refractivity contribution >= 4 is 5.97 Å². The van der Waals surface area contributed by atoms with Crippen LogP contribution in [0.15, 0.2) is 6.20 Å². The largest absolute Gasteiger partial charge is 0.478 e. The van der Waals surface area contributed by atoms with Gasteiger partial charge in [-0.2, -0.15) is 18.3 Å². The highest BCUT2D eigenvalue weighted by Crippen LogP contribution is 2.35. The molecule has 0 aliphatic carbocycles. The predicted octanol–water partition coefficient (Wildman–Crippen LogP) is 1.95. The number of nitrogens with zero attached hydrogens (tertiary/aromatic N) is 2. The van der Waals surface area contributed by atoms with Crippen LogP contribution in [0, 0.1) is 0 Å². The quantitative estimate of drug-likeness (QED) is 0.886. The van der Waals surface area contributed by atoms with Gasteiger partial charge in [-0.3, -0.25) is 4.68 Å². The molecule has 5 nitrogen and oxygen atoms in total. The van der Waals surface area contributed by atoms with Gasteiger partial charge >= 0.3 is 12.1 Å². The molecule has 0 unspecified atom stereocenters. The molecule has 0 spiro atoms. The fourth-order valence-corrected chi connectivity index (χ4v) is 1.99. The highest BCUT2D eigenvalue weighted by Gasteiger charge is 2.41. The lowest BCUT2D eigenvalue weighted by atomic mass is 10.1. The van der Waals surface area contributed by atoms with Crippen LogP contribution in [0.5, 0.6) is 0 Å². The van der Waals surface area contributed by atoms with Crippen LogP contribution < -0.4 is 0 Å². The van der Waals surface area contributed by atoms with E-state index in [9.17, 15) is 18.0 Å². The Hall–Kier alpha value is -1.57. The second kappa shape index (κ2) is 4.60. The molecule has 1 aliphatic heterocycles. The summed E-state index contributed by atoms with van der Waals surface area (Å²) in [5.41, 5.74) is -2.04. The molecule has 1 aromatic heterocycles. The average Bonchev–Trinajstić information content (AvgIpc) is 2.74. The lowest BCUT2D eigenvalue weighted by Crippen LogP contribution is -2.27. The van der Waals surface area contributed by atoms with Crippen molar-refractivity contribution in [2.24, 2.45) is 0 Å². The first-order valence-electron chi connectivity index (χ1n) is 5.37. The van der Waals surface area contributed by atoms with Gasteiger partial charge in [-0.1, -0.05) is 0 Å². The van der Waals surface area contributed by atoms with Gasteiger partial charge in [0.2, 0.25) is 0 Å². The number of ether oxygens (including phenoxy) is 1. The van der Waals surface area contributed by atoms with Gasteiger partial charge in [0.05, 0.1) is 18.8 Å². The van der Waals surface area contributed by atoms with Gasteiger partial charge in [-0.05, 0) is 12.8 Å². The number of aromatic carboxylic acids is 1. The summed E-state index contributed by atoms with van der Waals surface area (Å²) in [6, 6.07) is -0.566. The van der Waals surface area contributed by atoms with Crippen LogP contribution in [0.2, 0.25) is 0 Å². The summed E-state index contributed by atoms with van der Waals surface area (Å²) in [5.74, 6) is -1.63. The first kappa shape index (κ1) is 12.9. The van der Waals surface area contributed by atoms with Crippen LogP contribution in [-0.2, 0) is 10.9 Å². The van der Waals surface area contributed by atoms with Gasteiger partial charge in [-0.15, -0.1) is 0 Å². The van der Waals surface area contributed by atoms with Crippen molar-refractivity contribution in [3.63, 3.8) is 0 Å². The first-order chi connectivity index (χ1) is 8.41. The molecule has 1 N–H and O–H groups in total. The molecule has 1 saturated heterocycles. The third-order valence-electron chi connectivity index (χ3n) is 2.78. The fourth-order valence-electron chi connectivity index (χ4n) is 1.99. The molecule has 1 atom stereocenters. The van der Waals surface area contributed by atoms with Gasteiger partial charge in [0.25, 0.3) is 0 Å². The van der Waals surface area contributed by atoms with Gasteiger partial charge in [0, 0.05) is 6.61 Å². The molecule has 1 aliphatic rings. The van der Waals surface area contributed by atoms with Crippen LogP contribution in [0.25, 0.3) is 0 Å². The van der Waals surface area contributed by atoms with Gasteiger partial charge in [-0.25, -0.2) is 4.79 Å². The lowest BCUT2D eigenvalue weighted by molar-refractivity contribution is -0.146. The maximum atomic E-state index is 12.9. The Labute approximate surface area is 100 Å². The van der Waals surface area contributed by atoms with Crippen molar-refractivity contribution in [2.45, 2.75) is 25.1 Å². The van der Waals surface area contributed by atoms with Crippen molar-refractivity contribution in [3.8, 4) is 0 Å². The summed E-state index contributed by atoms with van der Waals surface area (Å²) in [6.07, 6.45) is -2.89. The molecule has 1 aromatic rings. The molecule has 1 fully saturated rings. The Morgan fingerprint density at radius 1 is 1.56 bits per heavy atom. The summed E-state index contributed by atoms with van der Waals surface area (Å²) in [7, 11) is 0. The van der Waals surface area contributed by atoms with Crippen LogP contribution in [0.3, 0.4) is 0 Å². The Bertz CT molecular complexity index is 450. The number of halogens is 3. The summed E-state index contributed by atoms with van der Waals surface area (Å²) in [6.45, 7) is 0.620. The lowest BCUT2D eigenvalue weighted by Gasteiger charge is -2.24. The number of aromatic nitrogens is 2. The van der Waals surface area contributed by atoms with E-state index < -0.39 is 29.4 Å².